The van der Waals surface area contributed by atoms with Gasteiger partial charge in [-0.2, -0.15) is 0 Å². The van der Waals surface area contributed by atoms with Crippen LogP contribution < -0.4 is 10.1 Å². The molecule has 1 aromatic carbocycles. The number of hydrogen-bond donors (Lipinski definition) is 1. The van der Waals surface area contributed by atoms with Crippen molar-refractivity contribution < 1.29 is 9.53 Å². The summed E-state index contributed by atoms with van der Waals surface area (Å²) >= 11 is 2.76. The fourth-order valence-electron chi connectivity index (χ4n) is 3.03. The van der Waals surface area contributed by atoms with Crippen LogP contribution in [-0.2, 0) is 17.8 Å². The van der Waals surface area contributed by atoms with E-state index in [0.29, 0.717) is 16.9 Å². The topological polar surface area (TPSA) is 94.8 Å². The Hall–Kier alpha value is -2.46. The molecule has 0 radical (unpaired) electrons. The van der Waals surface area contributed by atoms with Crippen molar-refractivity contribution in [2.24, 2.45) is 0 Å². The lowest BCUT2D eigenvalue weighted by Crippen LogP contribution is -2.23. The largest absolute Gasteiger partial charge is 0.485 e. The van der Waals surface area contributed by atoms with Crippen LogP contribution in [0.5, 0.6) is 5.75 Å². The first kappa shape index (κ1) is 23.2. The van der Waals surface area contributed by atoms with E-state index in [2.05, 4.69) is 39.6 Å². The zero-order chi connectivity index (χ0) is 22.5. The van der Waals surface area contributed by atoms with Crippen molar-refractivity contribution in [3.8, 4) is 5.75 Å². The monoisotopic (exact) mass is 460 g/mol. The van der Waals surface area contributed by atoms with Crippen molar-refractivity contribution >= 4 is 34.1 Å². The van der Waals surface area contributed by atoms with E-state index in [4.69, 9.17) is 4.74 Å². The van der Waals surface area contributed by atoms with Gasteiger partial charge in [-0.3, -0.25) is 10.1 Å². The van der Waals surface area contributed by atoms with Gasteiger partial charge in [-0.25, -0.2) is 0 Å². The van der Waals surface area contributed by atoms with Crippen LogP contribution in [0.15, 0.2) is 23.4 Å². The second-order valence-electron chi connectivity index (χ2n) is 7.48. The first-order chi connectivity index (χ1) is 14.8. The number of anilines is 1. The summed E-state index contributed by atoms with van der Waals surface area (Å²) in [5, 5.41) is 21.3. The first-order valence-electron chi connectivity index (χ1n) is 10.2. The fraction of sp³-hybridized carbons (Fsp3) is 0.476. The molecule has 1 N–H and O–H groups in total. The van der Waals surface area contributed by atoms with Crippen LogP contribution in [0.3, 0.4) is 0 Å². The molecule has 0 aliphatic carbocycles. The molecule has 0 spiro atoms. The molecule has 0 aliphatic rings. The van der Waals surface area contributed by atoms with Crippen molar-refractivity contribution in [2.75, 3.05) is 5.32 Å². The summed E-state index contributed by atoms with van der Waals surface area (Å²) < 4.78 is 8.09. The third kappa shape index (κ3) is 5.62. The zero-order valence-corrected chi connectivity index (χ0v) is 20.3. The molecule has 0 aliphatic heterocycles. The molecule has 0 unspecified atom stereocenters. The summed E-state index contributed by atoms with van der Waals surface area (Å²) in [5.41, 5.74) is 2.16. The van der Waals surface area contributed by atoms with Crippen molar-refractivity contribution in [3.05, 3.63) is 40.2 Å². The smallest absolute Gasteiger partial charge is 0.239 e. The molecule has 1 amide bonds. The molecule has 1 atom stereocenters. The average Bonchev–Trinajstić information content (AvgIpc) is 3.34. The van der Waals surface area contributed by atoms with Crippen LogP contribution in [0, 0.1) is 13.8 Å². The number of nitrogens with zero attached hydrogens (tertiary/aromatic N) is 5. The molecule has 0 fully saturated rings. The highest BCUT2D eigenvalue weighted by molar-refractivity contribution is 8.00. The number of aromatic nitrogens is 5. The Morgan fingerprint density at radius 2 is 1.87 bits per heavy atom. The van der Waals surface area contributed by atoms with Gasteiger partial charge in [0.2, 0.25) is 11.0 Å². The van der Waals surface area contributed by atoms with E-state index >= 15 is 0 Å². The van der Waals surface area contributed by atoms with Crippen LogP contribution in [0.2, 0.25) is 0 Å². The Morgan fingerprint density at radius 3 is 2.48 bits per heavy atom. The number of carbonyl (C=O) groups excluding carboxylic acids is 1. The fourth-order valence-corrected chi connectivity index (χ4v) is 4.72. The van der Waals surface area contributed by atoms with Gasteiger partial charge in [0.25, 0.3) is 0 Å². The lowest BCUT2D eigenvalue weighted by Gasteiger charge is -2.17. The molecule has 3 rings (SSSR count). The third-order valence-corrected chi connectivity index (χ3v) is 6.70. The number of nitrogens with one attached hydrogen (secondary N) is 1. The summed E-state index contributed by atoms with van der Waals surface area (Å²) in [4.78, 5) is 12.6. The van der Waals surface area contributed by atoms with E-state index in [-0.39, 0.29) is 17.2 Å². The molecule has 0 bridgehead atoms. The van der Waals surface area contributed by atoms with Gasteiger partial charge >= 0.3 is 0 Å². The summed E-state index contributed by atoms with van der Waals surface area (Å²) in [6.07, 6.45) is 0.794. The molecular weight excluding hydrogens is 432 g/mol. The van der Waals surface area contributed by atoms with Gasteiger partial charge in [0.15, 0.2) is 11.0 Å². The predicted octanol–water partition coefficient (Wildman–Crippen LogP) is 4.59. The van der Waals surface area contributed by atoms with Crippen LogP contribution in [0.4, 0.5) is 5.13 Å². The average molecular weight is 461 g/mol. The highest BCUT2D eigenvalue weighted by Crippen LogP contribution is 2.28. The van der Waals surface area contributed by atoms with Gasteiger partial charge in [0.05, 0.1) is 5.25 Å². The van der Waals surface area contributed by atoms with E-state index in [0.717, 1.165) is 34.1 Å². The highest BCUT2D eigenvalue weighted by atomic mass is 32.2. The van der Waals surface area contributed by atoms with Gasteiger partial charge in [0.1, 0.15) is 17.4 Å². The second-order valence-corrected chi connectivity index (χ2v) is 9.85. The zero-order valence-electron chi connectivity index (χ0n) is 18.7. The van der Waals surface area contributed by atoms with Crippen molar-refractivity contribution in [2.45, 2.75) is 71.0 Å². The number of amides is 1. The Balaban J connectivity index is 1.70. The number of ether oxygens (including phenoxy) is 1. The molecule has 0 saturated heterocycles. The SMILES string of the molecule is CCc1nnc(NC(=O)[C@H](C)Sc2nnc(COc3c(C)cccc3C)n2C(C)C)s1. The quantitative estimate of drug-likeness (QED) is 0.467. The molecule has 3 aromatic rings. The standard InChI is InChI=1S/C21H28N6O2S2/c1-7-17-24-25-20(31-17)22-19(28)15(6)30-21-26-23-16(27(21)12(2)3)11-29-18-13(4)9-8-10-14(18)5/h8-10,12,15H,7,11H2,1-6H3,(H,22,25,28)/t15-/m0/s1. The second kappa shape index (κ2) is 10.2. The lowest BCUT2D eigenvalue weighted by atomic mass is 10.1. The Bertz CT molecular complexity index is 1030. The van der Waals surface area contributed by atoms with Crippen molar-refractivity contribution in [1.29, 1.82) is 0 Å². The Kier molecular flexibility index (Phi) is 7.66. The highest BCUT2D eigenvalue weighted by Gasteiger charge is 2.23. The van der Waals surface area contributed by atoms with Gasteiger partial charge in [-0.05, 0) is 52.2 Å². The molecule has 8 nitrogen and oxygen atoms in total. The molecule has 2 heterocycles. The van der Waals surface area contributed by atoms with E-state index in [1.54, 1.807) is 0 Å². The predicted molar refractivity (Wildman–Crippen MR) is 124 cm³/mol. The minimum absolute atomic E-state index is 0.125. The Labute approximate surface area is 190 Å². The number of rotatable bonds is 9. The van der Waals surface area contributed by atoms with Crippen LogP contribution in [0.25, 0.3) is 0 Å². The van der Waals surface area contributed by atoms with Gasteiger partial charge in [-0.15, -0.1) is 20.4 Å². The van der Waals surface area contributed by atoms with Crippen LogP contribution in [0.1, 0.15) is 55.7 Å². The van der Waals surface area contributed by atoms with E-state index < -0.39 is 0 Å². The molecule has 2 aromatic heterocycles. The maximum atomic E-state index is 12.6. The summed E-state index contributed by atoms with van der Waals surface area (Å²) in [5.74, 6) is 1.45. The van der Waals surface area contributed by atoms with E-state index in [1.165, 1.54) is 23.1 Å². The number of benzene rings is 1. The van der Waals surface area contributed by atoms with Gasteiger partial charge < -0.3 is 9.30 Å². The molecule has 166 valence electrons. The number of carbonyl (C=O) groups is 1. The van der Waals surface area contributed by atoms with E-state index in [9.17, 15) is 4.79 Å². The van der Waals surface area contributed by atoms with Gasteiger partial charge in [-0.1, -0.05) is 48.2 Å². The molecule has 10 heteroatoms. The minimum atomic E-state index is -0.372. The lowest BCUT2D eigenvalue weighted by molar-refractivity contribution is -0.115. The number of para-hydroxylation sites is 1. The molecule has 0 saturated carbocycles. The van der Waals surface area contributed by atoms with E-state index in [1.807, 2.05) is 50.5 Å². The molecular formula is C21H28N6O2S2. The maximum Gasteiger partial charge on any atom is 0.239 e. The number of hydrogen-bond acceptors (Lipinski definition) is 8. The summed E-state index contributed by atoms with van der Waals surface area (Å²) in [6, 6.07) is 6.19. The van der Waals surface area contributed by atoms with Crippen molar-refractivity contribution in [1.82, 2.24) is 25.0 Å². The molecule has 31 heavy (non-hydrogen) atoms. The summed E-state index contributed by atoms with van der Waals surface area (Å²) in [7, 11) is 0. The minimum Gasteiger partial charge on any atom is -0.485 e. The van der Waals surface area contributed by atoms with Crippen LogP contribution >= 0.6 is 23.1 Å². The number of aryl methyl sites for hydroxylation is 3. The van der Waals surface area contributed by atoms with Gasteiger partial charge in [0, 0.05) is 6.04 Å². The maximum absolute atomic E-state index is 12.6. The van der Waals surface area contributed by atoms with Crippen molar-refractivity contribution in [3.63, 3.8) is 0 Å². The third-order valence-electron chi connectivity index (χ3n) is 4.66. The van der Waals surface area contributed by atoms with Crippen LogP contribution in [-0.4, -0.2) is 36.1 Å². The Morgan fingerprint density at radius 1 is 1.16 bits per heavy atom. The first-order valence-corrected chi connectivity index (χ1v) is 11.9. The summed E-state index contributed by atoms with van der Waals surface area (Å²) in [6.45, 7) is 12.3. The number of thioether (sulfide) groups is 1. The normalized spacial score (nSPS) is 12.2.